The van der Waals surface area contributed by atoms with Crippen LogP contribution in [0.25, 0.3) is 0 Å². The van der Waals surface area contributed by atoms with E-state index in [9.17, 15) is 19.2 Å². The fourth-order valence-electron chi connectivity index (χ4n) is 5.86. The van der Waals surface area contributed by atoms with Crippen LogP contribution in [0.2, 0.25) is 0 Å². The third-order valence-corrected chi connectivity index (χ3v) is 8.66. The van der Waals surface area contributed by atoms with Gasteiger partial charge in [-0.15, -0.1) is 0 Å². The molecule has 214 valence electrons. The van der Waals surface area contributed by atoms with E-state index in [0.717, 1.165) is 52.2 Å². The number of epoxide rings is 5. The Morgan fingerprint density at radius 2 is 1.13 bits per heavy atom. The van der Waals surface area contributed by atoms with Gasteiger partial charge in [-0.1, -0.05) is 0 Å². The number of ether oxygens (including phenoxy) is 6. The van der Waals surface area contributed by atoms with Gasteiger partial charge in [-0.2, -0.15) is 0 Å². The molecule has 0 spiro atoms. The topological polar surface area (TPSA) is 155 Å². The first-order chi connectivity index (χ1) is 18.9. The van der Waals surface area contributed by atoms with Crippen molar-refractivity contribution in [1.82, 2.24) is 13.7 Å². The lowest BCUT2D eigenvalue weighted by atomic mass is 9.89. The van der Waals surface area contributed by atoms with Crippen LogP contribution < -0.4 is 17.1 Å². The third-order valence-electron chi connectivity index (χ3n) is 8.66. The summed E-state index contributed by atoms with van der Waals surface area (Å²) in [4.78, 5) is 49.1. The molecule has 8 rings (SSSR count). The molecule has 39 heavy (non-hydrogen) atoms. The van der Waals surface area contributed by atoms with E-state index >= 15 is 0 Å². The quantitative estimate of drug-likeness (QED) is 0.278. The minimum atomic E-state index is -0.594. The molecule has 5 saturated heterocycles. The molecule has 9 unspecified atom stereocenters. The van der Waals surface area contributed by atoms with Crippen molar-refractivity contribution in [3.63, 3.8) is 0 Å². The van der Waals surface area contributed by atoms with E-state index in [-0.39, 0.29) is 49.8 Å². The van der Waals surface area contributed by atoms with E-state index in [1.807, 2.05) is 0 Å². The first-order valence-electron chi connectivity index (χ1n) is 14.2. The van der Waals surface area contributed by atoms with Gasteiger partial charge in [0.05, 0.1) is 94.7 Å². The predicted molar refractivity (Wildman–Crippen MR) is 131 cm³/mol. The lowest BCUT2D eigenvalue weighted by Gasteiger charge is -2.21. The average molecular weight is 550 g/mol. The number of fused-ring (bicyclic) bond motifs is 2. The van der Waals surface area contributed by atoms with Crippen molar-refractivity contribution in [2.45, 2.75) is 101 Å². The maximum Gasteiger partial charge on any atom is 0.336 e. The lowest BCUT2D eigenvalue weighted by Crippen LogP contribution is -2.55. The summed E-state index contributed by atoms with van der Waals surface area (Å²) in [5, 5.41) is 0. The van der Waals surface area contributed by atoms with Gasteiger partial charge in [0.1, 0.15) is 0 Å². The van der Waals surface area contributed by atoms with Crippen LogP contribution in [0.15, 0.2) is 14.4 Å². The third kappa shape index (κ3) is 6.07. The highest BCUT2D eigenvalue weighted by Crippen LogP contribution is 2.41. The van der Waals surface area contributed by atoms with Crippen LogP contribution in [-0.4, -0.2) is 88.8 Å². The molecule has 9 atom stereocenters. The molecule has 0 radical (unpaired) electrons. The second-order valence-electron chi connectivity index (χ2n) is 11.8. The zero-order chi connectivity index (χ0) is 26.7. The van der Waals surface area contributed by atoms with Crippen molar-refractivity contribution in [2.75, 3.05) is 26.4 Å². The molecule has 0 aromatic carbocycles. The molecular formula is C26H35N3O10. The molecule has 5 aliphatic heterocycles. The Bertz CT molecular complexity index is 1150. The van der Waals surface area contributed by atoms with Crippen LogP contribution in [0.3, 0.4) is 0 Å². The highest BCUT2D eigenvalue weighted by Gasteiger charge is 2.47. The highest BCUT2D eigenvalue weighted by atomic mass is 16.6. The molecule has 6 heterocycles. The van der Waals surface area contributed by atoms with Gasteiger partial charge >= 0.3 is 23.0 Å². The summed E-state index contributed by atoms with van der Waals surface area (Å²) in [6, 6.07) is 0. The van der Waals surface area contributed by atoms with Gasteiger partial charge < -0.3 is 28.4 Å². The summed E-state index contributed by atoms with van der Waals surface area (Å²) < 4.78 is 34.9. The molecule has 13 heteroatoms. The zero-order valence-electron chi connectivity index (χ0n) is 21.8. The molecule has 1 aromatic rings. The average Bonchev–Trinajstić information content (AvgIpc) is 3.76. The van der Waals surface area contributed by atoms with Crippen molar-refractivity contribution in [3.8, 4) is 0 Å². The largest absolute Gasteiger partial charge is 0.465 e. The van der Waals surface area contributed by atoms with Gasteiger partial charge in [-0.3, -0.25) is 4.79 Å². The lowest BCUT2D eigenvalue weighted by molar-refractivity contribution is -0.151. The first-order valence-corrected chi connectivity index (χ1v) is 14.2. The monoisotopic (exact) mass is 549 g/mol. The second-order valence-corrected chi connectivity index (χ2v) is 11.8. The number of carbonyl (C=O) groups excluding carboxylic acids is 1. The molecule has 0 amide bonds. The van der Waals surface area contributed by atoms with Crippen molar-refractivity contribution >= 4 is 5.97 Å². The van der Waals surface area contributed by atoms with E-state index in [1.165, 1.54) is 0 Å². The Balaban J connectivity index is 0.000000131. The summed E-state index contributed by atoms with van der Waals surface area (Å²) in [5.41, 5.74) is -1.78. The van der Waals surface area contributed by atoms with Crippen LogP contribution >= 0.6 is 0 Å². The van der Waals surface area contributed by atoms with Crippen LogP contribution in [0.1, 0.15) is 38.5 Å². The van der Waals surface area contributed by atoms with E-state index in [1.54, 1.807) is 0 Å². The minimum absolute atomic E-state index is 0.00258. The van der Waals surface area contributed by atoms with E-state index < -0.39 is 17.1 Å². The summed E-state index contributed by atoms with van der Waals surface area (Å²) >= 11 is 0. The number of hydrogen-bond acceptors (Lipinski definition) is 10. The fourth-order valence-corrected chi connectivity index (χ4v) is 5.86. The molecule has 7 fully saturated rings. The zero-order valence-corrected chi connectivity index (χ0v) is 21.8. The summed E-state index contributed by atoms with van der Waals surface area (Å²) in [6.07, 6.45) is 7.67. The van der Waals surface area contributed by atoms with Crippen molar-refractivity contribution < 1.29 is 33.2 Å². The maximum absolute atomic E-state index is 12.4. The SMILES string of the molecule is O=C(OCC1CCC2OC2C1)C1CCC2OC2C1.O=c1n(CC2CO2)c(=O)n(CC2CO2)c(=O)n1CC1CO1. The van der Waals surface area contributed by atoms with E-state index in [4.69, 9.17) is 28.4 Å². The number of aromatic nitrogens is 3. The second kappa shape index (κ2) is 10.3. The number of carbonyl (C=O) groups is 1. The van der Waals surface area contributed by atoms with Gasteiger partial charge in [-0.25, -0.2) is 28.1 Å². The van der Waals surface area contributed by atoms with Crippen molar-refractivity contribution in [2.24, 2.45) is 11.8 Å². The summed E-state index contributed by atoms with van der Waals surface area (Å²) in [5.74, 6) is 0.608. The van der Waals surface area contributed by atoms with Crippen LogP contribution in [0.4, 0.5) is 0 Å². The molecule has 0 N–H and O–H groups in total. The Hall–Kier alpha value is -2.32. The summed E-state index contributed by atoms with van der Waals surface area (Å²) in [7, 11) is 0. The van der Waals surface area contributed by atoms with Gasteiger partial charge in [0.15, 0.2) is 0 Å². The molecule has 2 aliphatic carbocycles. The van der Waals surface area contributed by atoms with Crippen LogP contribution in [0, 0.1) is 11.8 Å². The maximum atomic E-state index is 12.4. The Morgan fingerprint density at radius 1 is 0.667 bits per heavy atom. The normalized spacial score (nSPS) is 38.4. The van der Waals surface area contributed by atoms with Crippen LogP contribution in [-0.2, 0) is 52.8 Å². The smallest absolute Gasteiger partial charge is 0.336 e. The summed E-state index contributed by atoms with van der Waals surface area (Å²) in [6.45, 7) is 2.71. The van der Waals surface area contributed by atoms with Gasteiger partial charge in [-0.05, 0) is 44.4 Å². The first kappa shape index (κ1) is 25.6. The molecule has 1 aromatic heterocycles. The number of hydrogen-bond donors (Lipinski definition) is 0. The van der Waals surface area contributed by atoms with Gasteiger partial charge in [0, 0.05) is 0 Å². The minimum Gasteiger partial charge on any atom is -0.465 e. The standard InChI is InChI=1S/C14H20O4.C12H15N3O6/c15-14(9-2-4-11-13(6-9)18-11)16-7-8-1-3-10-12(5-8)17-10;16-10-13(1-7-4-19-7)11(17)15(3-9-6-21-9)12(18)14(10)2-8-5-20-8/h8-13H,1-7H2;7-9H,1-6H2. The van der Waals surface area contributed by atoms with E-state index in [0.29, 0.717) is 56.8 Å². The molecule has 2 saturated carbocycles. The van der Waals surface area contributed by atoms with Gasteiger partial charge in [0.25, 0.3) is 0 Å². The molecule has 7 aliphatic rings. The predicted octanol–water partition coefficient (Wildman–Crippen LogP) is -0.967. The van der Waals surface area contributed by atoms with Gasteiger partial charge in [0.2, 0.25) is 0 Å². The number of rotatable bonds is 9. The molecule has 0 bridgehead atoms. The highest BCUT2D eigenvalue weighted by molar-refractivity contribution is 5.72. The fraction of sp³-hybridized carbons (Fsp3) is 0.846. The van der Waals surface area contributed by atoms with Crippen molar-refractivity contribution in [1.29, 1.82) is 0 Å². The van der Waals surface area contributed by atoms with E-state index in [2.05, 4.69) is 0 Å². The number of nitrogens with zero attached hydrogens (tertiary/aromatic N) is 3. The Morgan fingerprint density at radius 3 is 1.56 bits per heavy atom. The number of esters is 1. The Kier molecular flexibility index (Phi) is 6.74. The molecule has 13 nitrogen and oxygen atoms in total. The Labute approximate surface area is 223 Å². The molecular weight excluding hydrogens is 514 g/mol. The van der Waals surface area contributed by atoms with Crippen LogP contribution in [0.5, 0.6) is 0 Å². The van der Waals surface area contributed by atoms with Crippen molar-refractivity contribution in [3.05, 3.63) is 31.5 Å².